The maximum absolute atomic E-state index is 16.0. The number of carbonyl (C=O) groups is 5. The van der Waals surface area contributed by atoms with Crippen LogP contribution in [0.2, 0.25) is 0 Å². The lowest BCUT2D eigenvalue weighted by Crippen LogP contribution is -2.66. The molecule has 4 aromatic rings. The number of halogens is 1. The van der Waals surface area contributed by atoms with E-state index in [4.69, 9.17) is 9.97 Å². The van der Waals surface area contributed by atoms with E-state index in [-0.39, 0.29) is 40.3 Å². The minimum Gasteiger partial charge on any atom is -0.371 e. The van der Waals surface area contributed by atoms with Crippen molar-refractivity contribution in [2.45, 2.75) is 123 Å². The van der Waals surface area contributed by atoms with Gasteiger partial charge in [0, 0.05) is 97.7 Å². The van der Waals surface area contributed by atoms with Crippen LogP contribution in [-0.4, -0.2) is 124 Å². The average molecular weight is 1030 g/mol. The minimum atomic E-state index is -1.39. The number of amides is 4. The van der Waals surface area contributed by atoms with Crippen LogP contribution < -0.4 is 25.6 Å². The molecule has 4 aliphatic rings. The van der Waals surface area contributed by atoms with Gasteiger partial charge in [-0.25, -0.2) is 23.6 Å². The molecule has 0 radical (unpaired) electrons. The Balaban J connectivity index is 0.000000771. The number of piperidine rings is 2. The molecule has 16 nitrogen and oxygen atoms in total. The van der Waals surface area contributed by atoms with Gasteiger partial charge in [0.2, 0.25) is 24.2 Å². The van der Waals surface area contributed by atoms with E-state index in [9.17, 15) is 28.2 Å². The molecular formula is C53H71FN10O6S2. The van der Waals surface area contributed by atoms with Gasteiger partial charge in [-0.1, -0.05) is 47.1 Å². The SMILES string of the molecule is CCCCC(=O)NC=O.CCCS(=O)Nc1cccc(-c2nc(C(C)(C)C)sc2-c2ccnc(NC3CC4(C3)CN(C(=O)CC3CCN(C5CCN(c6ccc(C=O)c(C(=O)NC)c6)CC5)CC3)C4)n2)c1F. The highest BCUT2D eigenvalue weighted by Crippen LogP contribution is 2.50. The highest BCUT2D eigenvalue weighted by atomic mass is 32.2. The van der Waals surface area contributed by atoms with Gasteiger partial charge in [0.15, 0.2) is 12.1 Å². The Hall–Kier alpha value is -5.66. The standard InChI is InChI=1S/C47H60FN9O4S2.C6H11NO2/c1-6-22-63(61)54-37-9-7-8-35(40(37)48)41-42(62-44(53-41)46(2,3)4)38-12-17-50-45(52-38)51-32-25-47(26-32)28-57(29-47)39(59)23-30-13-18-55(19-14-30)33-15-20-56(21-16-33)34-11-10-31(27-58)36(24-34)43(60)49-5;1-2-3-4-6(9)7-5-8/h7-12,17,24,27,30,32-33,54H,6,13-16,18-23,25-26,28-29H2,1-5H3,(H,49,60)(H,50,51,52);5H,2-4H2,1H3,(H,7,8,9). The molecule has 3 aliphatic heterocycles. The first-order valence-electron chi connectivity index (χ1n) is 25.4. The van der Waals surface area contributed by atoms with Crippen molar-refractivity contribution in [3.8, 4) is 21.8 Å². The molecule has 5 heterocycles. The summed E-state index contributed by atoms with van der Waals surface area (Å²) >= 11 is 1.50. The van der Waals surface area contributed by atoms with Crippen molar-refractivity contribution in [2.24, 2.45) is 11.3 Å². The number of anilines is 3. The molecule has 1 saturated carbocycles. The minimum absolute atomic E-state index is 0.146. The molecule has 4 amide bonds. The lowest BCUT2D eigenvalue weighted by molar-refractivity contribution is -0.152. The predicted octanol–water partition coefficient (Wildman–Crippen LogP) is 7.98. The fourth-order valence-corrected chi connectivity index (χ4v) is 12.2. The molecule has 1 spiro atoms. The molecule has 4 N–H and O–H groups in total. The van der Waals surface area contributed by atoms with Crippen LogP contribution in [-0.2, 0) is 30.8 Å². The second-order valence-electron chi connectivity index (χ2n) is 20.7. The molecule has 72 heavy (non-hydrogen) atoms. The van der Waals surface area contributed by atoms with E-state index in [1.165, 1.54) is 11.3 Å². The molecule has 3 saturated heterocycles. The smallest absolute Gasteiger partial charge is 0.251 e. The largest absolute Gasteiger partial charge is 0.371 e. The third kappa shape index (κ3) is 13.3. The molecule has 1 aliphatic carbocycles. The van der Waals surface area contributed by atoms with Crippen molar-refractivity contribution in [3.63, 3.8) is 0 Å². The van der Waals surface area contributed by atoms with Gasteiger partial charge < -0.3 is 30.1 Å². The number of benzene rings is 2. The molecule has 2 aromatic carbocycles. The van der Waals surface area contributed by atoms with Gasteiger partial charge in [-0.3, -0.25) is 29.3 Å². The Labute approximate surface area is 429 Å². The number of nitrogens with one attached hydrogen (secondary N) is 4. The summed E-state index contributed by atoms with van der Waals surface area (Å²) in [7, 11) is 0.187. The zero-order valence-electron chi connectivity index (χ0n) is 42.6. The second kappa shape index (κ2) is 24.4. The molecule has 1 unspecified atom stereocenters. The zero-order valence-corrected chi connectivity index (χ0v) is 44.2. The van der Waals surface area contributed by atoms with Crippen LogP contribution in [0.5, 0.6) is 0 Å². The monoisotopic (exact) mass is 1030 g/mol. The van der Waals surface area contributed by atoms with Crippen molar-refractivity contribution in [1.82, 2.24) is 35.4 Å². The van der Waals surface area contributed by atoms with Crippen molar-refractivity contribution in [1.29, 1.82) is 0 Å². The third-order valence-electron chi connectivity index (χ3n) is 14.2. The van der Waals surface area contributed by atoms with Crippen molar-refractivity contribution in [3.05, 3.63) is 70.6 Å². The molecule has 19 heteroatoms. The van der Waals surface area contributed by atoms with Crippen LogP contribution in [0.15, 0.2) is 48.7 Å². The number of aldehydes is 1. The lowest BCUT2D eigenvalue weighted by Gasteiger charge is -2.59. The number of hydrogen-bond acceptors (Lipinski definition) is 13. The van der Waals surface area contributed by atoms with Gasteiger partial charge in [-0.15, -0.1) is 11.3 Å². The van der Waals surface area contributed by atoms with Crippen LogP contribution in [0.3, 0.4) is 0 Å². The van der Waals surface area contributed by atoms with E-state index < -0.39 is 16.8 Å². The number of thiazole rings is 1. The highest BCUT2D eigenvalue weighted by molar-refractivity contribution is 7.86. The Morgan fingerprint density at radius 2 is 1.69 bits per heavy atom. The summed E-state index contributed by atoms with van der Waals surface area (Å²) in [6, 6.07) is 13.1. The number of hydrogen-bond donors (Lipinski definition) is 4. The van der Waals surface area contributed by atoms with Gasteiger partial charge in [0.05, 0.1) is 32.5 Å². The van der Waals surface area contributed by atoms with Crippen LogP contribution >= 0.6 is 11.3 Å². The molecule has 4 fully saturated rings. The Bertz CT molecular complexity index is 2580. The van der Waals surface area contributed by atoms with Gasteiger partial charge in [-0.2, -0.15) is 0 Å². The fraction of sp³-hybridized carbons (Fsp3) is 0.547. The van der Waals surface area contributed by atoms with Gasteiger partial charge in [0.1, 0.15) is 11.0 Å². The van der Waals surface area contributed by atoms with Crippen LogP contribution in [0.4, 0.5) is 21.7 Å². The van der Waals surface area contributed by atoms with E-state index >= 15 is 4.39 Å². The number of carbonyl (C=O) groups excluding carboxylic acids is 5. The molecule has 2 aromatic heterocycles. The number of aromatic nitrogens is 3. The number of rotatable bonds is 18. The predicted molar refractivity (Wildman–Crippen MR) is 283 cm³/mol. The molecular weight excluding hydrogens is 956 g/mol. The average Bonchev–Trinajstić information content (AvgIpc) is 3.81. The Morgan fingerprint density at radius 1 is 0.958 bits per heavy atom. The fourth-order valence-electron chi connectivity index (χ4n) is 10.2. The summed E-state index contributed by atoms with van der Waals surface area (Å²) in [6.07, 6.45) is 12.6. The highest BCUT2D eigenvalue weighted by Gasteiger charge is 2.54. The van der Waals surface area contributed by atoms with Crippen LogP contribution in [0.25, 0.3) is 21.8 Å². The van der Waals surface area contributed by atoms with E-state index in [1.807, 2.05) is 32.0 Å². The first kappa shape index (κ1) is 54.1. The Morgan fingerprint density at radius 3 is 2.35 bits per heavy atom. The number of likely N-dealkylation sites (tertiary alicyclic amines) is 2. The summed E-state index contributed by atoms with van der Waals surface area (Å²) in [4.78, 5) is 79.5. The summed E-state index contributed by atoms with van der Waals surface area (Å²) in [5.41, 5.74) is 3.33. The molecule has 388 valence electrons. The van der Waals surface area contributed by atoms with Gasteiger partial charge in [-0.05, 0) is 107 Å². The molecule has 8 rings (SSSR count). The number of unbranched alkanes of at least 4 members (excludes halogenated alkanes) is 1. The lowest BCUT2D eigenvalue weighted by atomic mass is 9.60. The van der Waals surface area contributed by atoms with Crippen LogP contribution in [0, 0.1) is 17.2 Å². The molecule has 0 bridgehead atoms. The van der Waals surface area contributed by atoms with Crippen molar-refractivity contribution >= 4 is 70.1 Å². The third-order valence-corrected chi connectivity index (χ3v) is 16.9. The molecule has 1 atom stereocenters. The summed E-state index contributed by atoms with van der Waals surface area (Å²) in [5.74, 6) is 0.694. The first-order chi connectivity index (χ1) is 34.6. The second-order valence-corrected chi connectivity index (χ2v) is 23.0. The first-order valence-corrected chi connectivity index (χ1v) is 27.6. The van der Waals surface area contributed by atoms with Gasteiger partial charge >= 0.3 is 0 Å². The zero-order chi connectivity index (χ0) is 51.6. The van der Waals surface area contributed by atoms with Crippen molar-refractivity contribution in [2.75, 3.05) is 67.0 Å². The number of nitrogens with zero attached hydrogens (tertiary/aromatic N) is 6. The van der Waals surface area contributed by atoms with E-state index in [2.05, 4.69) is 61.1 Å². The van der Waals surface area contributed by atoms with E-state index in [1.54, 1.807) is 37.5 Å². The summed E-state index contributed by atoms with van der Waals surface area (Å²) in [6.45, 7) is 15.6. The quantitative estimate of drug-likeness (QED) is 0.0702. The normalized spacial score (nSPS) is 17.7. The number of imide groups is 1. The van der Waals surface area contributed by atoms with Gasteiger partial charge in [0.25, 0.3) is 5.91 Å². The topological polar surface area (TPSA) is 199 Å². The van der Waals surface area contributed by atoms with E-state index in [0.29, 0.717) is 71.0 Å². The summed E-state index contributed by atoms with van der Waals surface area (Å²) in [5, 5.41) is 9.09. The van der Waals surface area contributed by atoms with Crippen LogP contribution in [0.1, 0.15) is 131 Å². The summed E-state index contributed by atoms with van der Waals surface area (Å²) < 4.78 is 31.3. The Kier molecular flexibility index (Phi) is 18.3. The van der Waals surface area contributed by atoms with E-state index in [0.717, 1.165) is 119 Å². The van der Waals surface area contributed by atoms with Crippen molar-refractivity contribution < 1.29 is 32.6 Å². The maximum Gasteiger partial charge on any atom is 0.251 e. The maximum atomic E-state index is 16.0.